The Hall–Kier alpha value is -1.96. The van der Waals surface area contributed by atoms with Crippen molar-refractivity contribution in [2.24, 2.45) is 4.99 Å². The molecule has 2 aromatic rings. The van der Waals surface area contributed by atoms with Crippen molar-refractivity contribution in [1.29, 1.82) is 0 Å². The van der Waals surface area contributed by atoms with Gasteiger partial charge in [-0.3, -0.25) is 0 Å². The highest BCUT2D eigenvalue weighted by Crippen LogP contribution is 2.27. The molecule has 148 valence electrons. The molecule has 0 fully saturated rings. The summed E-state index contributed by atoms with van der Waals surface area (Å²) in [7, 11) is 3.28. The predicted molar refractivity (Wildman–Crippen MR) is 123 cm³/mol. The van der Waals surface area contributed by atoms with Gasteiger partial charge in [0.2, 0.25) is 0 Å². The van der Waals surface area contributed by atoms with Crippen LogP contribution in [0.1, 0.15) is 23.6 Å². The monoisotopic (exact) mass is 483 g/mol. The third-order valence-corrected chi connectivity index (χ3v) is 4.00. The molecule has 0 spiro atoms. The average Bonchev–Trinajstić information content (AvgIpc) is 2.66. The Labute approximate surface area is 179 Å². The van der Waals surface area contributed by atoms with Crippen LogP contribution in [0.2, 0.25) is 0 Å². The zero-order valence-electron chi connectivity index (χ0n) is 16.5. The van der Waals surface area contributed by atoms with Crippen molar-refractivity contribution in [3.05, 3.63) is 59.2 Å². The first-order valence-corrected chi connectivity index (χ1v) is 8.95. The molecule has 2 rings (SSSR count). The lowest BCUT2D eigenvalue weighted by atomic mass is 10.1. The molecule has 5 nitrogen and oxygen atoms in total. The molecule has 0 unspecified atom stereocenters. The minimum absolute atomic E-state index is 0. The van der Waals surface area contributed by atoms with Crippen LogP contribution in [0.4, 0.5) is 0 Å². The van der Waals surface area contributed by atoms with Gasteiger partial charge >= 0.3 is 0 Å². The van der Waals surface area contributed by atoms with Crippen molar-refractivity contribution in [2.75, 3.05) is 27.3 Å². The van der Waals surface area contributed by atoms with Crippen LogP contribution in [-0.2, 0) is 13.0 Å². The fourth-order valence-electron chi connectivity index (χ4n) is 2.68. The van der Waals surface area contributed by atoms with E-state index < -0.39 is 0 Å². The molecule has 0 aliphatic carbocycles. The van der Waals surface area contributed by atoms with Crippen LogP contribution in [0.3, 0.4) is 0 Å². The summed E-state index contributed by atoms with van der Waals surface area (Å²) in [6, 6.07) is 14.5. The van der Waals surface area contributed by atoms with Crippen LogP contribution in [-0.4, -0.2) is 33.3 Å². The Bertz CT molecular complexity index is 735. The third kappa shape index (κ3) is 7.66. The molecule has 0 bridgehead atoms. The number of aryl methyl sites for hydroxylation is 1. The van der Waals surface area contributed by atoms with Crippen molar-refractivity contribution in [1.82, 2.24) is 10.6 Å². The second-order valence-corrected chi connectivity index (χ2v) is 6.05. The van der Waals surface area contributed by atoms with Crippen molar-refractivity contribution in [2.45, 2.75) is 26.8 Å². The second-order valence-electron chi connectivity index (χ2n) is 6.05. The lowest BCUT2D eigenvalue weighted by Crippen LogP contribution is -2.38. The number of benzene rings is 2. The summed E-state index contributed by atoms with van der Waals surface area (Å²) in [5.41, 5.74) is 3.68. The molecular weight excluding hydrogens is 453 g/mol. The molecule has 0 atom stereocenters. The van der Waals surface area contributed by atoms with Crippen LogP contribution >= 0.6 is 24.0 Å². The number of nitrogens with one attached hydrogen (secondary N) is 2. The van der Waals surface area contributed by atoms with Crippen molar-refractivity contribution >= 4 is 29.9 Å². The van der Waals surface area contributed by atoms with E-state index in [1.165, 1.54) is 11.1 Å². The molecule has 6 heteroatoms. The van der Waals surface area contributed by atoms with Gasteiger partial charge in [-0.15, -0.1) is 24.0 Å². The van der Waals surface area contributed by atoms with E-state index in [0.717, 1.165) is 42.5 Å². The van der Waals surface area contributed by atoms with E-state index in [4.69, 9.17) is 9.47 Å². The van der Waals surface area contributed by atoms with E-state index in [1.54, 1.807) is 14.2 Å². The maximum Gasteiger partial charge on any atom is 0.191 e. The minimum atomic E-state index is 0. The molecule has 0 saturated heterocycles. The highest BCUT2D eigenvalue weighted by molar-refractivity contribution is 14.0. The van der Waals surface area contributed by atoms with Gasteiger partial charge in [0, 0.05) is 13.1 Å². The molecule has 0 heterocycles. The lowest BCUT2D eigenvalue weighted by molar-refractivity contribution is 0.354. The number of halogens is 1. The predicted octanol–water partition coefficient (Wildman–Crippen LogP) is 3.93. The van der Waals surface area contributed by atoms with Gasteiger partial charge in [-0.2, -0.15) is 0 Å². The first-order chi connectivity index (χ1) is 12.7. The summed E-state index contributed by atoms with van der Waals surface area (Å²) < 4.78 is 10.6. The number of guanidine groups is 1. The Morgan fingerprint density at radius 1 is 0.963 bits per heavy atom. The van der Waals surface area contributed by atoms with Crippen LogP contribution < -0.4 is 20.1 Å². The molecule has 0 aliphatic heterocycles. The molecule has 0 saturated carbocycles. The van der Waals surface area contributed by atoms with E-state index in [-0.39, 0.29) is 24.0 Å². The first kappa shape index (κ1) is 23.1. The highest BCUT2D eigenvalue weighted by Gasteiger charge is 2.05. The number of rotatable bonds is 8. The summed E-state index contributed by atoms with van der Waals surface area (Å²) in [4.78, 5) is 4.66. The van der Waals surface area contributed by atoms with Crippen molar-refractivity contribution in [3.63, 3.8) is 0 Å². The molecule has 0 amide bonds. The van der Waals surface area contributed by atoms with Crippen molar-refractivity contribution in [3.8, 4) is 11.5 Å². The first-order valence-electron chi connectivity index (χ1n) is 8.95. The van der Waals surface area contributed by atoms with Gasteiger partial charge < -0.3 is 20.1 Å². The number of hydrogen-bond donors (Lipinski definition) is 2. The van der Waals surface area contributed by atoms with Gasteiger partial charge in [-0.25, -0.2) is 4.99 Å². The fourth-order valence-corrected chi connectivity index (χ4v) is 2.68. The Kier molecular flexibility index (Phi) is 10.6. The largest absolute Gasteiger partial charge is 0.493 e. The number of nitrogens with zero attached hydrogens (tertiary/aromatic N) is 1. The fraction of sp³-hybridized carbons (Fsp3) is 0.381. The minimum Gasteiger partial charge on any atom is -0.493 e. The summed E-state index contributed by atoms with van der Waals surface area (Å²) in [6.07, 6.45) is 0.961. The smallest absolute Gasteiger partial charge is 0.191 e. The Morgan fingerprint density at radius 2 is 1.74 bits per heavy atom. The zero-order valence-corrected chi connectivity index (χ0v) is 18.9. The van der Waals surface area contributed by atoms with Crippen LogP contribution in [0.15, 0.2) is 47.5 Å². The van der Waals surface area contributed by atoms with Crippen LogP contribution in [0.25, 0.3) is 0 Å². The van der Waals surface area contributed by atoms with Crippen LogP contribution in [0.5, 0.6) is 11.5 Å². The third-order valence-electron chi connectivity index (χ3n) is 4.00. The van der Waals surface area contributed by atoms with E-state index in [2.05, 4.69) is 53.7 Å². The van der Waals surface area contributed by atoms with Gasteiger partial charge in [0.15, 0.2) is 17.5 Å². The number of ether oxygens (including phenoxy) is 2. The number of methoxy groups -OCH3 is 2. The highest BCUT2D eigenvalue weighted by atomic mass is 127. The topological polar surface area (TPSA) is 54.9 Å². The molecule has 2 aromatic carbocycles. The summed E-state index contributed by atoms with van der Waals surface area (Å²) in [6.45, 7) is 6.41. The molecule has 0 aromatic heterocycles. The average molecular weight is 483 g/mol. The molecular formula is C21H30IN3O2. The van der Waals surface area contributed by atoms with E-state index >= 15 is 0 Å². The van der Waals surface area contributed by atoms with Gasteiger partial charge in [-0.1, -0.05) is 35.9 Å². The summed E-state index contributed by atoms with van der Waals surface area (Å²) in [5, 5.41) is 6.68. The van der Waals surface area contributed by atoms with Crippen LogP contribution in [0, 0.1) is 6.92 Å². The van der Waals surface area contributed by atoms with Gasteiger partial charge in [0.05, 0.1) is 20.8 Å². The second kappa shape index (κ2) is 12.4. The number of aliphatic imine (C=N–C) groups is 1. The molecule has 0 radical (unpaired) electrons. The SMILES string of the molecule is CCNC(=NCc1ccc(OC)c(OC)c1)NCCc1cccc(C)c1.I. The Balaban J connectivity index is 0.00000364. The van der Waals surface area contributed by atoms with Gasteiger partial charge in [0.1, 0.15) is 0 Å². The molecule has 27 heavy (non-hydrogen) atoms. The lowest BCUT2D eigenvalue weighted by Gasteiger charge is -2.12. The maximum atomic E-state index is 5.35. The van der Waals surface area contributed by atoms with E-state index in [1.807, 2.05) is 18.2 Å². The summed E-state index contributed by atoms with van der Waals surface area (Å²) in [5.74, 6) is 2.26. The summed E-state index contributed by atoms with van der Waals surface area (Å²) >= 11 is 0. The zero-order chi connectivity index (χ0) is 18.8. The van der Waals surface area contributed by atoms with Gasteiger partial charge in [-0.05, 0) is 43.5 Å². The Morgan fingerprint density at radius 3 is 2.41 bits per heavy atom. The molecule has 2 N–H and O–H groups in total. The normalized spacial score (nSPS) is 10.7. The molecule has 0 aliphatic rings. The van der Waals surface area contributed by atoms with E-state index in [9.17, 15) is 0 Å². The maximum absolute atomic E-state index is 5.35. The van der Waals surface area contributed by atoms with Crippen molar-refractivity contribution < 1.29 is 9.47 Å². The standard InChI is InChI=1S/C21H29N3O2.HI/c1-5-22-21(23-12-11-17-8-6-7-16(2)13-17)24-15-18-9-10-19(25-3)20(14-18)26-4;/h6-10,13-14H,5,11-12,15H2,1-4H3,(H2,22,23,24);1H. The number of hydrogen-bond acceptors (Lipinski definition) is 3. The quantitative estimate of drug-likeness (QED) is 0.340. The van der Waals surface area contributed by atoms with E-state index in [0.29, 0.717) is 6.54 Å². The van der Waals surface area contributed by atoms with Gasteiger partial charge in [0.25, 0.3) is 0 Å².